The smallest absolute Gasteiger partial charge is 0.302 e. The van der Waals surface area contributed by atoms with Crippen molar-refractivity contribution < 1.29 is 18.5 Å². The highest BCUT2D eigenvalue weighted by Gasteiger charge is 2.26. The molecule has 5 nitrogen and oxygen atoms in total. The Balaban J connectivity index is 4.13. The number of nitrogens with zero attached hydrogens (tertiary/aromatic N) is 1. The van der Waals surface area contributed by atoms with Gasteiger partial charge in [0, 0.05) is 0 Å². The summed E-state index contributed by atoms with van der Waals surface area (Å²) in [6.45, 7) is 4.85. The Morgan fingerprint density at radius 2 is 2.15 bits per heavy atom. The molecule has 0 bridgehead atoms. The van der Waals surface area contributed by atoms with Gasteiger partial charge in [0.15, 0.2) is 0 Å². The zero-order valence-corrected chi connectivity index (χ0v) is 8.82. The molecule has 3 unspecified atom stereocenters. The Labute approximate surface area is 77.9 Å². The lowest BCUT2D eigenvalue weighted by Gasteiger charge is -2.17. The van der Waals surface area contributed by atoms with E-state index in [9.17, 15) is 4.57 Å². The fourth-order valence-corrected chi connectivity index (χ4v) is 1.59. The third-order valence-electron chi connectivity index (χ3n) is 1.50. The van der Waals surface area contributed by atoms with Crippen LogP contribution in [0.15, 0.2) is 0 Å². The Hall–Kier alpha value is -0.400. The van der Waals surface area contributed by atoms with Crippen molar-refractivity contribution >= 4 is 7.82 Å². The van der Waals surface area contributed by atoms with Crippen LogP contribution >= 0.6 is 7.82 Å². The Morgan fingerprint density at radius 1 is 1.62 bits per heavy atom. The first-order valence-electron chi connectivity index (χ1n) is 3.98. The second kappa shape index (κ2) is 5.36. The van der Waals surface area contributed by atoms with Crippen molar-refractivity contribution in [3.05, 3.63) is 0 Å². The summed E-state index contributed by atoms with van der Waals surface area (Å²) in [5, 5.41) is 8.49. The SMILES string of the molecule is CCOP(=O)(O)OC(C)C(C)C#N. The average molecular weight is 207 g/mol. The highest BCUT2D eigenvalue weighted by Crippen LogP contribution is 2.45. The number of nitriles is 1. The van der Waals surface area contributed by atoms with Crippen LogP contribution in [-0.4, -0.2) is 17.6 Å². The number of hydrogen-bond acceptors (Lipinski definition) is 4. The van der Waals surface area contributed by atoms with Gasteiger partial charge in [0.1, 0.15) is 0 Å². The quantitative estimate of drug-likeness (QED) is 0.694. The number of phosphoric acid groups is 1. The molecule has 0 spiro atoms. The van der Waals surface area contributed by atoms with Crippen LogP contribution in [0, 0.1) is 17.2 Å². The number of phosphoric ester groups is 1. The predicted molar refractivity (Wildman–Crippen MR) is 46.8 cm³/mol. The molecule has 13 heavy (non-hydrogen) atoms. The van der Waals surface area contributed by atoms with Gasteiger partial charge >= 0.3 is 7.82 Å². The van der Waals surface area contributed by atoms with E-state index in [0.717, 1.165) is 0 Å². The van der Waals surface area contributed by atoms with E-state index in [1.54, 1.807) is 20.8 Å². The van der Waals surface area contributed by atoms with Crippen molar-refractivity contribution in [2.75, 3.05) is 6.61 Å². The maximum Gasteiger partial charge on any atom is 0.472 e. The van der Waals surface area contributed by atoms with Crippen LogP contribution < -0.4 is 0 Å². The van der Waals surface area contributed by atoms with Gasteiger partial charge in [-0.25, -0.2) is 4.57 Å². The van der Waals surface area contributed by atoms with E-state index >= 15 is 0 Å². The maximum absolute atomic E-state index is 11.0. The molecule has 0 aromatic rings. The van der Waals surface area contributed by atoms with Crippen LogP contribution in [0.1, 0.15) is 20.8 Å². The third kappa shape index (κ3) is 5.02. The molecule has 0 amide bonds. The molecule has 6 heteroatoms. The minimum Gasteiger partial charge on any atom is -0.302 e. The molecule has 0 heterocycles. The largest absolute Gasteiger partial charge is 0.472 e. The first-order valence-corrected chi connectivity index (χ1v) is 5.47. The molecule has 0 aromatic carbocycles. The molecular weight excluding hydrogens is 193 g/mol. The van der Waals surface area contributed by atoms with E-state index < -0.39 is 19.8 Å². The minimum atomic E-state index is -3.97. The normalized spacial score (nSPS) is 19.9. The lowest BCUT2D eigenvalue weighted by molar-refractivity contribution is 0.100. The molecule has 0 aliphatic heterocycles. The summed E-state index contributed by atoms with van der Waals surface area (Å²) in [7, 11) is -3.97. The van der Waals surface area contributed by atoms with Crippen LogP contribution in [0.25, 0.3) is 0 Å². The van der Waals surface area contributed by atoms with Crippen molar-refractivity contribution in [1.29, 1.82) is 5.26 Å². The van der Waals surface area contributed by atoms with Crippen molar-refractivity contribution in [2.45, 2.75) is 26.9 Å². The van der Waals surface area contributed by atoms with Gasteiger partial charge in [0.05, 0.1) is 24.7 Å². The molecule has 0 saturated heterocycles. The van der Waals surface area contributed by atoms with Crippen LogP contribution in [0.4, 0.5) is 0 Å². The van der Waals surface area contributed by atoms with E-state index in [1.807, 2.05) is 6.07 Å². The molecule has 0 aliphatic carbocycles. The van der Waals surface area contributed by atoms with E-state index in [-0.39, 0.29) is 6.61 Å². The first-order chi connectivity index (χ1) is 5.93. The van der Waals surface area contributed by atoms with Gasteiger partial charge < -0.3 is 4.89 Å². The van der Waals surface area contributed by atoms with E-state index in [4.69, 9.17) is 14.7 Å². The summed E-state index contributed by atoms with van der Waals surface area (Å²) in [5.74, 6) is -0.444. The van der Waals surface area contributed by atoms with E-state index in [2.05, 4.69) is 4.52 Å². The molecule has 0 fully saturated rings. The zero-order valence-electron chi connectivity index (χ0n) is 7.93. The first kappa shape index (κ1) is 12.6. The molecule has 1 N–H and O–H groups in total. The Morgan fingerprint density at radius 3 is 2.54 bits per heavy atom. The van der Waals surface area contributed by atoms with Gasteiger partial charge in [-0.2, -0.15) is 5.26 Å². The predicted octanol–water partition coefficient (Wildman–Crippen LogP) is 1.69. The summed E-state index contributed by atoms with van der Waals surface area (Å²) in [4.78, 5) is 9.03. The van der Waals surface area contributed by atoms with E-state index in [0.29, 0.717) is 0 Å². The molecule has 0 saturated carbocycles. The van der Waals surface area contributed by atoms with Gasteiger partial charge in [-0.05, 0) is 20.8 Å². The standard InChI is InChI=1S/C7H14NO4P/c1-4-11-13(9,10)12-7(3)6(2)5-8/h6-7H,4H2,1-3H3,(H,9,10). The number of rotatable bonds is 5. The second-order valence-electron chi connectivity index (χ2n) is 2.61. The maximum atomic E-state index is 11.0. The van der Waals surface area contributed by atoms with Gasteiger partial charge in [-0.3, -0.25) is 9.05 Å². The third-order valence-corrected chi connectivity index (χ3v) is 2.68. The van der Waals surface area contributed by atoms with Crippen molar-refractivity contribution in [1.82, 2.24) is 0 Å². The summed E-state index contributed by atoms with van der Waals surface area (Å²) in [6, 6.07) is 1.92. The van der Waals surface area contributed by atoms with Crippen LogP contribution in [-0.2, 0) is 13.6 Å². The summed E-state index contributed by atoms with van der Waals surface area (Å²) in [6.07, 6.45) is -0.618. The topological polar surface area (TPSA) is 79.6 Å². The fourth-order valence-electron chi connectivity index (χ4n) is 0.600. The molecule has 0 rings (SSSR count). The molecule has 76 valence electrons. The molecule has 0 radical (unpaired) electrons. The lowest BCUT2D eigenvalue weighted by atomic mass is 10.1. The summed E-state index contributed by atoms with van der Waals surface area (Å²) >= 11 is 0. The van der Waals surface area contributed by atoms with Gasteiger partial charge in [-0.1, -0.05) is 0 Å². The highest BCUT2D eigenvalue weighted by atomic mass is 31.2. The minimum absolute atomic E-state index is 0.0986. The zero-order chi connectivity index (χ0) is 10.5. The summed E-state index contributed by atoms with van der Waals surface area (Å²) in [5.41, 5.74) is 0. The molecule has 0 aromatic heterocycles. The highest BCUT2D eigenvalue weighted by molar-refractivity contribution is 7.47. The van der Waals surface area contributed by atoms with Crippen molar-refractivity contribution in [2.24, 2.45) is 5.92 Å². The van der Waals surface area contributed by atoms with Crippen LogP contribution in [0.3, 0.4) is 0 Å². The summed E-state index contributed by atoms with van der Waals surface area (Å²) < 4.78 is 20.2. The van der Waals surface area contributed by atoms with Gasteiger partial charge in [-0.15, -0.1) is 0 Å². The van der Waals surface area contributed by atoms with E-state index in [1.165, 1.54) is 0 Å². The Bertz CT molecular complexity index is 237. The monoisotopic (exact) mass is 207 g/mol. The van der Waals surface area contributed by atoms with Crippen molar-refractivity contribution in [3.8, 4) is 6.07 Å². The molecule has 0 aliphatic rings. The average Bonchev–Trinajstić information content (AvgIpc) is 2.01. The lowest BCUT2D eigenvalue weighted by Crippen LogP contribution is -2.15. The fraction of sp³-hybridized carbons (Fsp3) is 0.857. The van der Waals surface area contributed by atoms with Crippen LogP contribution in [0.2, 0.25) is 0 Å². The molecular formula is C7H14NO4P. The van der Waals surface area contributed by atoms with Gasteiger partial charge in [0.25, 0.3) is 0 Å². The second-order valence-corrected chi connectivity index (χ2v) is 4.02. The van der Waals surface area contributed by atoms with Crippen molar-refractivity contribution in [3.63, 3.8) is 0 Å². The molecule has 3 atom stereocenters. The van der Waals surface area contributed by atoms with Gasteiger partial charge in [0.2, 0.25) is 0 Å². The Kier molecular flexibility index (Phi) is 5.19. The number of hydrogen-bond donors (Lipinski definition) is 1. The van der Waals surface area contributed by atoms with Crippen LogP contribution in [0.5, 0.6) is 0 Å².